The van der Waals surface area contributed by atoms with Crippen molar-refractivity contribution in [2.24, 2.45) is 0 Å². The van der Waals surface area contributed by atoms with Gasteiger partial charge < -0.3 is 9.80 Å². The van der Waals surface area contributed by atoms with Crippen LogP contribution < -0.4 is 4.90 Å². The van der Waals surface area contributed by atoms with Crippen molar-refractivity contribution in [3.05, 3.63) is 59.4 Å². The summed E-state index contributed by atoms with van der Waals surface area (Å²) in [5.41, 5.74) is 4.78. The summed E-state index contributed by atoms with van der Waals surface area (Å²) >= 11 is 0. The quantitative estimate of drug-likeness (QED) is 0.874. The van der Waals surface area contributed by atoms with Gasteiger partial charge in [-0.2, -0.15) is 0 Å². The predicted octanol–water partition coefficient (Wildman–Crippen LogP) is 2.53. The molecule has 2 aliphatic rings. The molecule has 2 heterocycles. The highest BCUT2D eigenvalue weighted by molar-refractivity contribution is 5.94. The van der Waals surface area contributed by atoms with Crippen molar-refractivity contribution in [3.63, 3.8) is 0 Å². The van der Waals surface area contributed by atoms with E-state index < -0.39 is 0 Å². The van der Waals surface area contributed by atoms with Crippen LogP contribution in [0, 0.1) is 0 Å². The highest BCUT2D eigenvalue weighted by Crippen LogP contribution is 2.26. The Bertz CT molecular complexity index is 723. The zero-order valence-electron chi connectivity index (χ0n) is 13.4. The number of benzene rings is 1. The van der Waals surface area contributed by atoms with E-state index in [1.165, 1.54) is 23.2 Å². The van der Waals surface area contributed by atoms with Gasteiger partial charge in [-0.15, -0.1) is 0 Å². The van der Waals surface area contributed by atoms with Crippen molar-refractivity contribution in [1.29, 1.82) is 0 Å². The van der Waals surface area contributed by atoms with Crippen LogP contribution in [0.15, 0.2) is 42.7 Å². The minimum atomic E-state index is 0.138. The smallest absolute Gasteiger partial charge is 0.253 e. The van der Waals surface area contributed by atoms with E-state index in [-0.39, 0.29) is 11.9 Å². The number of pyridine rings is 1. The first-order valence-electron chi connectivity index (χ1n) is 8.26. The molecule has 0 spiro atoms. The summed E-state index contributed by atoms with van der Waals surface area (Å²) in [6.07, 6.45) is 7.10. The first-order valence-corrected chi connectivity index (χ1v) is 8.26. The number of carbonyl (C=O) groups excluding carboxylic acids is 1. The van der Waals surface area contributed by atoms with Crippen LogP contribution in [-0.4, -0.2) is 42.0 Å². The Kier molecular flexibility index (Phi) is 3.52. The number of hydrogen-bond donors (Lipinski definition) is 0. The van der Waals surface area contributed by atoms with Gasteiger partial charge in [0.1, 0.15) is 0 Å². The lowest BCUT2D eigenvalue weighted by Gasteiger charge is -2.45. The summed E-state index contributed by atoms with van der Waals surface area (Å²) < 4.78 is 0. The number of anilines is 1. The largest absolute Gasteiger partial charge is 0.367 e. The lowest BCUT2D eigenvalue weighted by atomic mass is 10.0. The molecule has 0 bridgehead atoms. The number of aromatic nitrogens is 1. The van der Waals surface area contributed by atoms with Crippen molar-refractivity contribution >= 4 is 11.6 Å². The van der Waals surface area contributed by atoms with Crippen LogP contribution in [0.1, 0.15) is 27.9 Å². The maximum absolute atomic E-state index is 12.7. The highest BCUT2D eigenvalue weighted by Gasteiger charge is 2.33. The fraction of sp³-hybridized carbons (Fsp3) is 0.368. The minimum absolute atomic E-state index is 0.138. The Balaban J connectivity index is 1.42. The fourth-order valence-corrected chi connectivity index (χ4v) is 3.54. The third-order valence-electron chi connectivity index (χ3n) is 5.10. The second kappa shape index (κ2) is 5.69. The highest BCUT2D eigenvalue weighted by atomic mass is 16.2. The van der Waals surface area contributed by atoms with Crippen molar-refractivity contribution in [3.8, 4) is 0 Å². The van der Waals surface area contributed by atoms with Gasteiger partial charge in [0.25, 0.3) is 5.91 Å². The normalized spacial score (nSPS) is 16.8. The Hall–Kier alpha value is -2.36. The SMILES string of the molecule is CN(C(=O)c1ccc2c(c1)CCC2)C1CN(c2ccncc2)C1. The van der Waals surface area contributed by atoms with Crippen molar-refractivity contribution in [2.45, 2.75) is 25.3 Å². The molecule has 23 heavy (non-hydrogen) atoms. The van der Waals surface area contributed by atoms with Gasteiger partial charge in [-0.1, -0.05) is 6.07 Å². The molecule has 1 aromatic carbocycles. The van der Waals surface area contributed by atoms with Crippen molar-refractivity contribution < 1.29 is 4.79 Å². The molecule has 118 valence electrons. The average Bonchev–Trinajstić information content (AvgIpc) is 3.01. The van der Waals surface area contributed by atoms with Crippen LogP contribution in [0.2, 0.25) is 0 Å². The lowest BCUT2D eigenvalue weighted by molar-refractivity contribution is 0.0705. The van der Waals surface area contributed by atoms with E-state index >= 15 is 0 Å². The molecule has 1 amide bonds. The molecule has 1 aliphatic carbocycles. The molecule has 4 heteroatoms. The molecule has 1 saturated heterocycles. The summed E-state index contributed by atoms with van der Waals surface area (Å²) in [7, 11) is 1.92. The second-order valence-corrected chi connectivity index (χ2v) is 6.52. The Labute approximate surface area is 136 Å². The molecular formula is C19H21N3O. The van der Waals surface area contributed by atoms with Crippen LogP contribution in [0.5, 0.6) is 0 Å². The second-order valence-electron chi connectivity index (χ2n) is 6.52. The number of aryl methyl sites for hydroxylation is 2. The number of nitrogens with zero attached hydrogens (tertiary/aromatic N) is 3. The zero-order chi connectivity index (χ0) is 15.8. The number of hydrogen-bond acceptors (Lipinski definition) is 3. The molecule has 0 saturated carbocycles. The van der Waals surface area contributed by atoms with E-state index in [0.29, 0.717) is 0 Å². The summed E-state index contributed by atoms with van der Waals surface area (Å²) in [5.74, 6) is 0.138. The number of rotatable bonds is 3. The molecule has 1 aromatic heterocycles. The van der Waals surface area contributed by atoms with Crippen molar-refractivity contribution in [1.82, 2.24) is 9.88 Å². The van der Waals surface area contributed by atoms with Crippen molar-refractivity contribution in [2.75, 3.05) is 25.0 Å². The molecule has 0 unspecified atom stereocenters. The number of carbonyl (C=O) groups is 1. The summed E-state index contributed by atoms with van der Waals surface area (Å²) in [6.45, 7) is 1.77. The van der Waals surface area contributed by atoms with E-state index in [4.69, 9.17) is 0 Å². The molecule has 4 nitrogen and oxygen atoms in total. The number of likely N-dealkylation sites (N-methyl/N-ethyl adjacent to an activating group) is 1. The van der Waals surface area contributed by atoms with Gasteiger partial charge in [0.15, 0.2) is 0 Å². The van der Waals surface area contributed by atoms with Crippen LogP contribution >= 0.6 is 0 Å². The van der Waals surface area contributed by atoms with E-state index in [1.54, 1.807) is 0 Å². The third kappa shape index (κ3) is 2.58. The van der Waals surface area contributed by atoms with E-state index in [2.05, 4.69) is 22.0 Å². The molecule has 2 aromatic rings. The Morgan fingerprint density at radius 2 is 1.87 bits per heavy atom. The number of amides is 1. The van der Waals surface area contributed by atoms with E-state index in [0.717, 1.165) is 31.5 Å². The first-order chi connectivity index (χ1) is 11.2. The van der Waals surface area contributed by atoms with E-state index in [1.807, 2.05) is 42.5 Å². The topological polar surface area (TPSA) is 36.4 Å². The summed E-state index contributed by atoms with van der Waals surface area (Å²) in [6, 6.07) is 10.5. The van der Waals surface area contributed by atoms with Gasteiger partial charge in [0.2, 0.25) is 0 Å². The third-order valence-corrected chi connectivity index (χ3v) is 5.10. The van der Waals surface area contributed by atoms with Crippen LogP contribution in [0.25, 0.3) is 0 Å². The molecule has 0 radical (unpaired) electrons. The van der Waals surface area contributed by atoms with Gasteiger partial charge in [0.05, 0.1) is 6.04 Å². The zero-order valence-corrected chi connectivity index (χ0v) is 13.4. The monoisotopic (exact) mass is 307 g/mol. The molecule has 4 rings (SSSR count). The molecule has 1 aliphatic heterocycles. The lowest BCUT2D eigenvalue weighted by Crippen LogP contribution is -2.59. The van der Waals surface area contributed by atoms with Crippen LogP contribution in [-0.2, 0) is 12.8 Å². The molecule has 1 fully saturated rings. The maximum Gasteiger partial charge on any atom is 0.253 e. The summed E-state index contributed by atoms with van der Waals surface area (Å²) in [5, 5.41) is 0. The minimum Gasteiger partial charge on any atom is -0.367 e. The predicted molar refractivity (Wildman–Crippen MR) is 90.8 cm³/mol. The molecular weight excluding hydrogens is 286 g/mol. The Morgan fingerprint density at radius 1 is 1.13 bits per heavy atom. The number of fused-ring (bicyclic) bond motifs is 1. The van der Waals surface area contributed by atoms with Gasteiger partial charge in [0, 0.05) is 43.8 Å². The average molecular weight is 307 g/mol. The van der Waals surface area contributed by atoms with Gasteiger partial charge in [-0.25, -0.2) is 0 Å². The van der Waals surface area contributed by atoms with Crippen LogP contribution in [0.4, 0.5) is 5.69 Å². The maximum atomic E-state index is 12.7. The van der Waals surface area contributed by atoms with Crippen LogP contribution in [0.3, 0.4) is 0 Å². The standard InChI is InChI=1S/C19H21N3O/c1-21(18-12-22(13-18)17-7-9-20-10-8-17)19(23)16-6-5-14-3-2-4-15(14)11-16/h5-11,18H,2-4,12-13H2,1H3. The molecule has 0 N–H and O–H groups in total. The van der Waals surface area contributed by atoms with Gasteiger partial charge in [-0.3, -0.25) is 9.78 Å². The molecule has 0 atom stereocenters. The van der Waals surface area contributed by atoms with Gasteiger partial charge in [-0.05, 0) is 54.7 Å². The van der Waals surface area contributed by atoms with E-state index in [9.17, 15) is 4.79 Å². The first kappa shape index (κ1) is 14.2. The Morgan fingerprint density at radius 3 is 2.65 bits per heavy atom. The fourth-order valence-electron chi connectivity index (χ4n) is 3.54. The van der Waals surface area contributed by atoms with Gasteiger partial charge >= 0.3 is 0 Å². The summed E-state index contributed by atoms with van der Waals surface area (Å²) in [4.78, 5) is 20.9.